The Hall–Kier alpha value is -0.290. The first-order chi connectivity index (χ1) is 6.46. The van der Waals surface area contributed by atoms with Gasteiger partial charge in [0.1, 0.15) is 6.04 Å². The second-order valence-electron chi connectivity index (χ2n) is 3.96. The Balaban J connectivity index is 2.80. The molecule has 14 heavy (non-hydrogen) atoms. The van der Waals surface area contributed by atoms with Gasteiger partial charge in [0.05, 0.1) is 0 Å². The monoisotopic (exact) mass is 210 g/mol. The highest BCUT2D eigenvalue weighted by Crippen LogP contribution is 2.33. The summed E-state index contributed by atoms with van der Waals surface area (Å²) >= 11 is 0. The van der Waals surface area contributed by atoms with E-state index in [0.29, 0.717) is 13.0 Å². The van der Waals surface area contributed by atoms with Crippen LogP contribution in [0.5, 0.6) is 0 Å². The van der Waals surface area contributed by atoms with Crippen LogP contribution in [0, 0.1) is 5.92 Å². The van der Waals surface area contributed by atoms with Crippen molar-refractivity contribution in [3.63, 3.8) is 0 Å². The average Bonchev–Trinajstić information content (AvgIpc) is 2.24. The van der Waals surface area contributed by atoms with Crippen LogP contribution in [-0.4, -0.2) is 37.3 Å². The van der Waals surface area contributed by atoms with Crippen molar-refractivity contribution < 1.29 is 13.2 Å². The van der Waals surface area contributed by atoms with E-state index in [4.69, 9.17) is 5.73 Å². The molecule has 2 N–H and O–H groups in total. The summed E-state index contributed by atoms with van der Waals surface area (Å²) in [6, 6.07) is -1.35. The summed E-state index contributed by atoms with van der Waals surface area (Å²) < 4.78 is 38.1. The molecule has 0 saturated carbocycles. The molecule has 0 aromatic heterocycles. The number of alkyl halides is 3. The number of hydrogen-bond acceptors (Lipinski definition) is 2. The van der Waals surface area contributed by atoms with E-state index in [1.54, 1.807) is 0 Å². The minimum absolute atomic E-state index is 0.120. The standard InChI is InChI=1S/C9H17F3N2/c1-14-5-3-2-4-7(6-13)8(14)9(10,11)12/h7-8H,2-6,13H2,1H3/t7-,8+/m1/s1. The normalized spacial score (nSPS) is 31.5. The molecule has 0 unspecified atom stereocenters. The Bertz CT molecular complexity index is 181. The fourth-order valence-electron chi connectivity index (χ4n) is 2.19. The molecule has 5 heteroatoms. The van der Waals surface area contributed by atoms with Crippen LogP contribution >= 0.6 is 0 Å². The predicted molar refractivity (Wildman–Crippen MR) is 48.9 cm³/mol. The average molecular weight is 210 g/mol. The highest BCUT2D eigenvalue weighted by Gasteiger charge is 2.46. The zero-order chi connectivity index (χ0) is 10.8. The maximum Gasteiger partial charge on any atom is 0.404 e. The van der Waals surface area contributed by atoms with E-state index in [2.05, 4.69) is 0 Å². The molecule has 1 rings (SSSR count). The van der Waals surface area contributed by atoms with Crippen LogP contribution in [-0.2, 0) is 0 Å². The summed E-state index contributed by atoms with van der Waals surface area (Å²) in [4.78, 5) is 1.39. The van der Waals surface area contributed by atoms with Crippen LogP contribution in [0.15, 0.2) is 0 Å². The van der Waals surface area contributed by atoms with Crippen molar-refractivity contribution in [2.24, 2.45) is 11.7 Å². The van der Waals surface area contributed by atoms with Crippen LogP contribution in [0.1, 0.15) is 19.3 Å². The lowest BCUT2D eigenvalue weighted by Crippen LogP contribution is -2.49. The first-order valence-electron chi connectivity index (χ1n) is 4.94. The Morgan fingerprint density at radius 3 is 2.50 bits per heavy atom. The summed E-state index contributed by atoms with van der Waals surface area (Å²) in [5.41, 5.74) is 5.40. The maximum absolute atomic E-state index is 12.7. The van der Waals surface area contributed by atoms with Crippen molar-refractivity contribution in [3.05, 3.63) is 0 Å². The Morgan fingerprint density at radius 1 is 1.36 bits per heavy atom. The molecule has 1 aliphatic heterocycles. The number of nitrogens with zero attached hydrogens (tertiary/aromatic N) is 1. The van der Waals surface area contributed by atoms with Gasteiger partial charge in [-0.1, -0.05) is 6.42 Å². The molecule has 0 amide bonds. The largest absolute Gasteiger partial charge is 0.404 e. The van der Waals surface area contributed by atoms with Crippen molar-refractivity contribution in [3.8, 4) is 0 Å². The minimum Gasteiger partial charge on any atom is -0.330 e. The third kappa shape index (κ3) is 2.60. The Morgan fingerprint density at radius 2 is 2.00 bits per heavy atom. The molecule has 1 fully saturated rings. The van der Waals surface area contributed by atoms with Crippen LogP contribution in [0.3, 0.4) is 0 Å². The Kier molecular flexibility index (Phi) is 3.78. The number of rotatable bonds is 1. The zero-order valence-corrected chi connectivity index (χ0v) is 8.35. The van der Waals surface area contributed by atoms with Gasteiger partial charge in [0.25, 0.3) is 0 Å². The van der Waals surface area contributed by atoms with Gasteiger partial charge in [-0.2, -0.15) is 13.2 Å². The molecule has 0 aliphatic carbocycles. The first-order valence-corrected chi connectivity index (χ1v) is 4.94. The summed E-state index contributed by atoms with van der Waals surface area (Å²) in [6.07, 6.45) is -1.88. The zero-order valence-electron chi connectivity index (χ0n) is 8.35. The summed E-state index contributed by atoms with van der Waals surface area (Å²) in [5.74, 6) is -0.442. The first kappa shape index (κ1) is 11.8. The van der Waals surface area contributed by atoms with E-state index < -0.39 is 18.1 Å². The smallest absolute Gasteiger partial charge is 0.330 e. The summed E-state index contributed by atoms with van der Waals surface area (Å²) in [5, 5.41) is 0. The van der Waals surface area contributed by atoms with E-state index in [1.807, 2.05) is 0 Å². The van der Waals surface area contributed by atoms with E-state index >= 15 is 0 Å². The fourth-order valence-corrected chi connectivity index (χ4v) is 2.19. The molecule has 2 atom stereocenters. The molecule has 0 spiro atoms. The van der Waals surface area contributed by atoms with Crippen molar-refractivity contribution in [2.45, 2.75) is 31.5 Å². The molecule has 0 radical (unpaired) electrons. The fraction of sp³-hybridized carbons (Fsp3) is 1.00. The van der Waals surface area contributed by atoms with Gasteiger partial charge in [-0.15, -0.1) is 0 Å². The van der Waals surface area contributed by atoms with E-state index in [-0.39, 0.29) is 6.54 Å². The van der Waals surface area contributed by atoms with Gasteiger partial charge in [-0.25, -0.2) is 0 Å². The number of halogens is 3. The lowest BCUT2D eigenvalue weighted by molar-refractivity contribution is -0.191. The van der Waals surface area contributed by atoms with Crippen molar-refractivity contribution in [1.82, 2.24) is 4.90 Å². The van der Waals surface area contributed by atoms with Crippen molar-refractivity contribution in [1.29, 1.82) is 0 Å². The quantitative estimate of drug-likeness (QED) is 0.712. The Labute approximate surface area is 82.2 Å². The van der Waals surface area contributed by atoms with Gasteiger partial charge < -0.3 is 5.73 Å². The molecule has 84 valence electrons. The van der Waals surface area contributed by atoms with E-state index in [9.17, 15) is 13.2 Å². The third-order valence-corrected chi connectivity index (χ3v) is 2.90. The molecule has 0 aromatic rings. The highest BCUT2D eigenvalue weighted by molar-refractivity contribution is 4.86. The van der Waals surface area contributed by atoms with Crippen LogP contribution in [0.25, 0.3) is 0 Å². The number of likely N-dealkylation sites (tertiary alicyclic amines) is 1. The molecule has 2 nitrogen and oxygen atoms in total. The van der Waals surface area contributed by atoms with E-state index in [1.165, 1.54) is 11.9 Å². The third-order valence-electron chi connectivity index (χ3n) is 2.90. The van der Waals surface area contributed by atoms with Crippen molar-refractivity contribution >= 4 is 0 Å². The topological polar surface area (TPSA) is 29.3 Å². The van der Waals surface area contributed by atoms with Crippen LogP contribution < -0.4 is 5.73 Å². The van der Waals surface area contributed by atoms with Gasteiger partial charge in [0.15, 0.2) is 0 Å². The van der Waals surface area contributed by atoms with E-state index in [0.717, 1.165) is 12.8 Å². The summed E-state index contributed by atoms with van der Waals surface area (Å²) in [6.45, 7) is 0.634. The van der Waals surface area contributed by atoms with Gasteiger partial charge in [0, 0.05) is 0 Å². The number of hydrogen-bond donors (Lipinski definition) is 1. The van der Waals surface area contributed by atoms with Crippen LogP contribution in [0.2, 0.25) is 0 Å². The second kappa shape index (κ2) is 4.49. The van der Waals surface area contributed by atoms with Gasteiger partial charge in [-0.05, 0) is 38.9 Å². The van der Waals surface area contributed by atoms with Gasteiger partial charge >= 0.3 is 6.18 Å². The lowest BCUT2D eigenvalue weighted by atomic mass is 9.94. The predicted octanol–water partition coefficient (Wildman–Crippen LogP) is 1.61. The maximum atomic E-state index is 12.7. The minimum atomic E-state index is -4.15. The molecular weight excluding hydrogens is 193 g/mol. The lowest BCUT2D eigenvalue weighted by Gasteiger charge is -2.33. The van der Waals surface area contributed by atoms with Gasteiger partial charge in [0.2, 0.25) is 0 Å². The van der Waals surface area contributed by atoms with Gasteiger partial charge in [-0.3, -0.25) is 4.90 Å². The van der Waals surface area contributed by atoms with Crippen LogP contribution in [0.4, 0.5) is 13.2 Å². The summed E-state index contributed by atoms with van der Waals surface area (Å²) in [7, 11) is 1.53. The molecule has 1 aliphatic rings. The highest BCUT2D eigenvalue weighted by atomic mass is 19.4. The molecule has 1 saturated heterocycles. The molecular formula is C9H17F3N2. The van der Waals surface area contributed by atoms with Crippen molar-refractivity contribution in [2.75, 3.05) is 20.1 Å². The molecule has 0 bridgehead atoms. The molecule has 0 aromatic carbocycles. The number of nitrogens with two attached hydrogens (primary N) is 1. The SMILES string of the molecule is CN1CCCC[C@H](CN)[C@H]1C(F)(F)F. The molecule has 1 heterocycles. The second-order valence-corrected chi connectivity index (χ2v) is 3.96.